The maximum Gasteiger partial charge on any atom is 0.333 e. The molecule has 2 aromatic rings. The lowest BCUT2D eigenvalue weighted by molar-refractivity contribution is 0.410. The Hall–Kier alpha value is -2.83. The predicted molar refractivity (Wildman–Crippen MR) is 105 cm³/mol. The first-order valence-corrected chi connectivity index (χ1v) is 8.77. The van der Waals surface area contributed by atoms with Crippen molar-refractivity contribution in [3.63, 3.8) is 0 Å². The number of hydrogen-bond donors (Lipinski definition) is 1. The van der Waals surface area contributed by atoms with Gasteiger partial charge in [0.05, 0.1) is 11.4 Å². The largest absolute Gasteiger partial charge is 0.494 e. The molecule has 7 heteroatoms. The Kier molecular flexibility index (Phi) is 6.02. The van der Waals surface area contributed by atoms with Crippen LogP contribution >= 0.6 is 0 Å². The Balaban J connectivity index is 2.53. The van der Waals surface area contributed by atoms with Gasteiger partial charge in [0.2, 0.25) is 5.88 Å². The summed E-state index contributed by atoms with van der Waals surface area (Å²) in [5, 5.41) is 10.3. The van der Waals surface area contributed by atoms with E-state index in [1.165, 1.54) is 14.1 Å². The summed E-state index contributed by atoms with van der Waals surface area (Å²) in [6.45, 7) is 7.89. The number of hydrogen-bond acceptors (Lipinski definition) is 5. The van der Waals surface area contributed by atoms with E-state index >= 15 is 0 Å². The Bertz CT molecular complexity index is 920. The molecule has 1 N–H and O–H groups in total. The van der Waals surface area contributed by atoms with Gasteiger partial charge in [0.1, 0.15) is 5.56 Å². The lowest BCUT2D eigenvalue weighted by Crippen LogP contribution is -2.40. The summed E-state index contributed by atoms with van der Waals surface area (Å²) in [5.74, 6) is -0.363. The fourth-order valence-electron chi connectivity index (χ4n) is 2.88. The molecule has 1 aromatic carbocycles. The highest BCUT2D eigenvalue weighted by atomic mass is 16.3. The molecule has 0 bridgehead atoms. The SMILES string of the molecule is CCC(=Nc1ccc(N(CC)CC)cc1)c1c(O)n(C)c(=O)n(C)c1=O. The summed E-state index contributed by atoms with van der Waals surface area (Å²) >= 11 is 0. The first kappa shape index (κ1) is 19.5. The van der Waals surface area contributed by atoms with E-state index in [1.54, 1.807) is 0 Å². The molecule has 0 radical (unpaired) electrons. The number of aromatic nitrogens is 2. The predicted octanol–water partition coefficient (Wildman–Crippen LogP) is 2.17. The van der Waals surface area contributed by atoms with Crippen LogP contribution in [0.4, 0.5) is 11.4 Å². The van der Waals surface area contributed by atoms with Crippen LogP contribution < -0.4 is 16.1 Å². The smallest absolute Gasteiger partial charge is 0.333 e. The quantitative estimate of drug-likeness (QED) is 0.803. The maximum absolute atomic E-state index is 12.5. The molecule has 0 fully saturated rings. The summed E-state index contributed by atoms with van der Waals surface area (Å²) in [4.78, 5) is 31.2. The van der Waals surface area contributed by atoms with E-state index < -0.39 is 11.2 Å². The van der Waals surface area contributed by atoms with E-state index in [2.05, 4.69) is 23.7 Å². The van der Waals surface area contributed by atoms with Gasteiger partial charge in [0, 0.05) is 32.9 Å². The average Bonchev–Trinajstić information content (AvgIpc) is 2.66. The number of aliphatic imine (C=N–C) groups is 1. The summed E-state index contributed by atoms with van der Waals surface area (Å²) in [6.07, 6.45) is 0.443. The topological polar surface area (TPSA) is 79.8 Å². The monoisotopic (exact) mass is 358 g/mol. The van der Waals surface area contributed by atoms with Gasteiger partial charge in [-0.25, -0.2) is 4.79 Å². The Morgan fingerprint density at radius 1 is 1.04 bits per heavy atom. The van der Waals surface area contributed by atoms with Crippen molar-refractivity contribution >= 4 is 17.1 Å². The van der Waals surface area contributed by atoms with Crippen molar-refractivity contribution in [1.82, 2.24) is 9.13 Å². The molecule has 0 saturated heterocycles. The van der Waals surface area contributed by atoms with E-state index in [-0.39, 0.29) is 11.4 Å². The molecule has 0 spiro atoms. The van der Waals surface area contributed by atoms with Crippen LogP contribution in [0.2, 0.25) is 0 Å². The molecule has 2 rings (SSSR count). The van der Waals surface area contributed by atoms with E-state index in [0.717, 1.165) is 27.9 Å². The van der Waals surface area contributed by atoms with E-state index in [1.807, 2.05) is 31.2 Å². The zero-order valence-electron chi connectivity index (χ0n) is 16.0. The van der Waals surface area contributed by atoms with Crippen LogP contribution in [0, 0.1) is 0 Å². The first-order chi connectivity index (χ1) is 12.3. The van der Waals surface area contributed by atoms with Crippen LogP contribution in [-0.2, 0) is 14.1 Å². The van der Waals surface area contributed by atoms with Crippen molar-refractivity contribution in [2.45, 2.75) is 27.2 Å². The highest BCUT2D eigenvalue weighted by Gasteiger charge is 2.19. The molecule has 26 heavy (non-hydrogen) atoms. The molecule has 1 heterocycles. The molecule has 7 nitrogen and oxygen atoms in total. The molecule has 0 amide bonds. The first-order valence-electron chi connectivity index (χ1n) is 8.77. The number of nitrogens with zero attached hydrogens (tertiary/aromatic N) is 4. The maximum atomic E-state index is 12.5. The van der Waals surface area contributed by atoms with Crippen LogP contribution in [0.3, 0.4) is 0 Å². The van der Waals surface area contributed by atoms with E-state index in [4.69, 9.17) is 0 Å². The minimum Gasteiger partial charge on any atom is -0.494 e. The van der Waals surface area contributed by atoms with Gasteiger partial charge in [-0.05, 0) is 44.5 Å². The second-order valence-corrected chi connectivity index (χ2v) is 6.01. The highest BCUT2D eigenvalue weighted by Crippen LogP contribution is 2.22. The summed E-state index contributed by atoms with van der Waals surface area (Å²) in [7, 11) is 2.81. The van der Waals surface area contributed by atoms with Crippen molar-refractivity contribution in [2.24, 2.45) is 19.1 Å². The van der Waals surface area contributed by atoms with Gasteiger partial charge in [-0.15, -0.1) is 0 Å². The second kappa shape index (κ2) is 8.03. The number of benzene rings is 1. The Morgan fingerprint density at radius 2 is 1.62 bits per heavy atom. The fraction of sp³-hybridized carbons (Fsp3) is 0.421. The van der Waals surface area contributed by atoms with E-state index in [9.17, 15) is 14.7 Å². The third kappa shape index (κ3) is 3.56. The minimum absolute atomic E-state index is 0.0601. The van der Waals surface area contributed by atoms with Gasteiger partial charge < -0.3 is 10.0 Å². The Morgan fingerprint density at radius 3 is 2.12 bits per heavy atom. The zero-order valence-corrected chi connectivity index (χ0v) is 16.0. The average molecular weight is 358 g/mol. The standard InChI is InChI=1S/C19H26N4O3/c1-6-15(16-17(24)21(4)19(26)22(5)18(16)25)20-13-9-11-14(12-10-13)23(7-2)8-3/h9-12,24H,6-8H2,1-5H3. The molecular formula is C19H26N4O3. The fourth-order valence-corrected chi connectivity index (χ4v) is 2.88. The molecular weight excluding hydrogens is 332 g/mol. The van der Waals surface area contributed by atoms with Gasteiger partial charge in [0.25, 0.3) is 5.56 Å². The third-order valence-electron chi connectivity index (χ3n) is 4.50. The number of anilines is 1. The van der Waals surface area contributed by atoms with Crippen molar-refractivity contribution < 1.29 is 5.11 Å². The normalized spacial score (nSPS) is 11.7. The minimum atomic E-state index is -0.574. The molecule has 0 saturated carbocycles. The molecule has 0 aliphatic heterocycles. The lowest BCUT2D eigenvalue weighted by atomic mass is 10.1. The molecule has 1 aromatic heterocycles. The van der Waals surface area contributed by atoms with Crippen LogP contribution in [0.25, 0.3) is 0 Å². The van der Waals surface area contributed by atoms with Crippen molar-refractivity contribution in [1.29, 1.82) is 0 Å². The van der Waals surface area contributed by atoms with E-state index in [0.29, 0.717) is 17.8 Å². The van der Waals surface area contributed by atoms with Gasteiger partial charge in [-0.3, -0.25) is 18.9 Å². The van der Waals surface area contributed by atoms with Crippen LogP contribution in [-0.4, -0.2) is 33.0 Å². The van der Waals surface area contributed by atoms with Crippen molar-refractivity contribution in [2.75, 3.05) is 18.0 Å². The van der Waals surface area contributed by atoms with Gasteiger partial charge in [-0.1, -0.05) is 6.92 Å². The summed E-state index contributed by atoms with van der Waals surface area (Å²) < 4.78 is 2.02. The molecule has 0 atom stereocenters. The molecule has 0 unspecified atom stereocenters. The Labute approximate surface area is 152 Å². The van der Waals surface area contributed by atoms with Crippen LogP contribution in [0.5, 0.6) is 5.88 Å². The third-order valence-corrected chi connectivity index (χ3v) is 4.50. The van der Waals surface area contributed by atoms with Gasteiger partial charge in [0.15, 0.2) is 0 Å². The van der Waals surface area contributed by atoms with Gasteiger partial charge in [-0.2, -0.15) is 0 Å². The summed E-state index contributed by atoms with van der Waals surface area (Å²) in [6, 6.07) is 7.73. The molecule has 0 aliphatic rings. The number of aromatic hydroxyl groups is 1. The van der Waals surface area contributed by atoms with Crippen molar-refractivity contribution in [3.05, 3.63) is 50.7 Å². The number of rotatable bonds is 6. The zero-order chi connectivity index (χ0) is 19.4. The summed E-state index contributed by atoms with van der Waals surface area (Å²) in [5.41, 5.74) is 1.17. The van der Waals surface area contributed by atoms with Gasteiger partial charge >= 0.3 is 5.69 Å². The molecule has 140 valence electrons. The highest BCUT2D eigenvalue weighted by molar-refractivity contribution is 6.03. The lowest BCUT2D eigenvalue weighted by Gasteiger charge is -2.20. The molecule has 0 aliphatic carbocycles. The van der Waals surface area contributed by atoms with Crippen molar-refractivity contribution in [3.8, 4) is 5.88 Å². The second-order valence-electron chi connectivity index (χ2n) is 6.01. The van der Waals surface area contributed by atoms with Crippen LogP contribution in [0.15, 0.2) is 38.8 Å². The van der Waals surface area contributed by atoms with Crippen LogP contribution in [0.1, 0.15) is 32.8 Å².